The molecule has 1 aliphatic rings. The van der Waals surface area contributed by atoms with Gasteiger partial charge in [0.05, 0.1) is 15.1 Å². The second-order valence-corrected chi connectivity index (χ2v) is 7.77. The fraction of sp³-hybridized carbons (Fsp3) is 0.526. The van der Waals surface area contributed by atoms with Gasteiger partial charge in [0.2, 0.25) is 0 Å². The molecule has 0 aliphatic heterocycles. The number of rotatable bonds is 6. The zero-order valence-electron chi connectivity index (χ0n) is 14.5. The van der Waals surface area contributed by atoms with Crippen molar-refractivity contribution in [1.29, 1.82) is 0 Å². The van der Waals surface area contributed by atoms with Crippen LogP contribution in [0.3, 0.4) is 0 Å². The molecule has 1 saturated carbocycles. The second kappa shape index (κ2) is 8.06. The van der Waals surface area contributed by atoms with Gasteiger partial charge in [-0.1, -0.05) is 6.42 Å². The maximum atomic E-state index is 12.4. The number of ether oxygens (including phenoxy) is 1. The van der Waals surface area contributed by atoms with Crippen molar-refractivity contribution < 1.29 is 14.3 Å². The Hall–Kier alpha value is -1.79. The Kier molecular flexibility index (Phi) is 5.81. The molecule has 0 spiro atoms. The molecule has 2 N–H and O–H groups in total. The number of aromatic nitrogens is 1. The van der Waals surface area contributed by atoms with Crippen LogP contribution in [-0.4, -0.2) is 28.9 Å². The first-order chi connectivity index (χ1) is 12.0. The summed E-state index contributed by atoms with van der Waals surface area (Å²) in [5.41, 5.74) is 7.88. The number of esters is 1. The van der Waals surface area contributed by atoms with Gasteiger partial charge in [-0.2, -0.15) is 0 Å². The first-order valence-electron chi connectivity index (χ1n) is 8.89. The summed E-state index contributed by atoms with van der Waals surface area (Å²) in [6, 6.07) is 3.02. The SMILES string of the molecule is Cc1ccnc2cc(C(=O)CC[C@@H](N)C(=O)OC3CCCCC3)sc12. The number of carbonyl (C=O) groups excluding carboxylic acids is 2. The van der Waals surface area contributed by atoms with Crippen LogP contribution < -0.4 is 5.73 Å². The van der Waals surface area contributed by atoms with Crippen LogP contribution in [0.2, 0.25) is 0 Å². The molecule has 0 aromatic carbocycles. The van der Waals surface area contributed by atoms with Crippen LogP contribution >= 0.6 is 11.3 Å². The van der Waals surface area contributed by atoms with Crippen molar-refractivity contribution in [2.45, 2.75) is 64.0 Å². The molecule has 0 radical (unpaired) electrons. The van der Waals surface area contributed by atoms with Gasteiger partial charge in [-0.05, 0) is 56.7 Å². The lowest BCUT2D eigenvalue weighted by Gasteiger charge is -2.23. The Labute approximate surface area is 151 Å². The standard InChI is InChI=1S/C19H24N2O3S/c1-12-9-10-21-15-11-17(25-18(12)15)16(22)8-7-14(20)19(23)24-13-5-3-2-4-6-13/h9-11,13-14H,2-8,20H2,1H3/t14-/m1/s1. The van der Waals surface area contributed by atoms with Gasteiger partial charge in [0.15, 0.2) is 5.78 Å². The molecule has 1 fully saturated rings. The number of aryl methyl sites for hydroxylation is 1. The van der Waals surface area contributed by atoms with Crippen LogP contribution in [0.1, 0.15) is 60.2 Å². The Bertz CT molecular complexity index is 765. The van der Waals surface area contributed by atoms with Crippen LogP contribution in [0.25, 0.3) is 10.2 Å². The van der Waals surface area contributed by atoms with E-state index in [1.54, 1.807) is 6.20 Å². The number of nitrogens with zero attached hydrogens (tertiary/aromatic N) is 1. The predicted octanol–water partition coefficient (Wildman–Crippen LogP) is 3.77. The van der Waals surface area contributed by atoms with E-state index in [0.717, 1.165) is 41.5 Å². The van der Waals surface area contributed by atoms with Crippen LogP contribution in [0.4, 0.5) is 0 Å². The Morgan fingerprint density at radius 3 is 2.84 bits per heavy atom. The fourth-order valence-electron chi connectivity index (χ4n) is 3.16. The van der Waals surface area contributed by atoms with E-state index in [0.29, 0.717) is 11.3 Å². The summed E-state index contributed by atoms with van der Waals surface area (Å²) in [5.74, 6) is -0.378. The molecule has 2 aromatic rings. The molecule has 25 heavy (non-hydrogen) atoms. The summed E-state index contributed by atoms with van der Waals surface area (Å²) in [6.45, 7) is 2.01. The summed E-state index contributed by atoms with van der Waals surface area (Å²) < 4.78 is 6.51. The van der Waals surface area contributed by atoms with E-state index in [9.17, 15) is 9.59 Å². The largest absolute Gasteiger partial charge is 0.461 e. The maximum absolute atomic E-state index is 12.4. The van der Waals surface area contributed by atoms with E-state index in [1.807, 2.05) is 19.1 Å². The van der Waals surface area contributed by atoms with Crippen molar-refractivity contribution in [3.8, 4) is 0 Å². The smallest absolute Gasteiger partial charge is 0.323 e. The van der Waals surface area contributed by atoms with E-state index in [4.69, 9.17) is 10.5 Å². The van der Waals surface area contributed by atoms with Gasteiger partial charge in [0, 0.05) is 12.6 Å². The first kappa shape index (κ1) is 18.0. The third-order valence-electron chi connectivity index (χ3n) is 4.70. The topological polar surface area (TPSA) is 82.3 Å². The van der Waals surface area contributed by atoms with Crippen molar-refractivity contribution in [3.05, 3.63) is 28.8 Å². The number of hydrogen-bond donors (Lipinski definition) is 1. The van der Waals surface area contributed by atoms with Crippen LogP contribution in [-0.2, 0) is 9.53 Å². The molecular formula is C19H24N2O3S. The number of pyridine rings is 1. The highest BCUT2D eigenvalue weighted by Gasteiger charge is 2.23. The van der Waals surface area contributed by atoms with Crippen molar-refractivity contribution in [3.63, 3.8) is 0 Å². The Morgan fingerprint density at radius 1 is 1.36 bits per heavy atom. The molecule has 2 aromatic heterocycles. The molecule has 6 heteroatoms. The van der Waals surface area contributed by atoms with Crippen LogP contribution in [0, 0.1) is 6.92 Å². The highest BCUT2D eigenvalue weighted by Crippen LogP contribution is 2.28. The highest BCUT2D eigenvalue weighted by molar-refractivity contribution is 7.21. The highest BCUT2D eigenvalue weighted by atomic mass is 32.1. The molecule has 0 bridgehead atoms. The molecular weight excluding hydrogens is 336 g/mol. The van der Waals surface area contributed by atoms with Gasteiger partial charge in [-0.3, -0.25) is 14.6 Å². The maximum Gasteiger partial charge on any atom is 0.323 e. The number of carbonyl (C=O) groups is 2. The molecule has 1 atom stereocenters. The minimum Gasteiger partial charge on any atom is -0.461 e. The van der Waals surface area contributed by atoms with Crippen molar-refractivity contribution in [2.75, 3.05) is 0 Å². The van der Waals surface area contributed by atoms with Gasteiger partial charge < -0.3 is 10.5 Å². The number of hydrogen-bond acceptors (Lipinski definition) is 6. The average molecular weight is 360 g/mol. The van der Waals surface area contributed by atoms with Crippen molar-refractivity contribution in [1.82, 2.24) is 4.98 Å². The molecule has 0 saturated heterocycles. The van der Waals surface area contributed by atoms with E-state index >= 15 is 0 Å². The predicted molar refractivity (Wildman–Crippen MR) is 98.9 cm³/mol. The van der Waals surface area contributed by atoms with Crippen LogP contribution in [0.5, 0.6) is 0 Å². The minimum absolute atomic E-state index is 0.000328. The second-order valence-electron chi connectivity index (χ2n) is 6.72. The van der Waals surface area contributed by atoms with Gasteiger partial charge >= 0.3 is 5.97 Å². The molecule has 134 valence electrons. The zero-order chi connectivity index (χ0) is 17.8. The normalized spacial score (nSPS) is 16.7. The van der Waals surface area contributed by atoms with Gasteiger partial charge in [-0.15, -0.1) is 11.3 Å². The molecule has 3 rings (SSSR count). The summed E-state index contributed by atoms with van der Waals surface area (Å²) in [7, 11) is 0. The molecule has 1 aliphatic carbocycles. The summed E-state index contributed by atoms with van der Waals surface area (Å²) in [5, 5.41) is 0. The van der Waals surface area contributed by atoms with E-state index in [-0.39, 0.29) is 24.3 Å². The quantitative estimate of drug-likeness (QED) is 0.626. The van der Waals surface area contributed by atoms with Crippen LogP contribution in [0.15, 0.2) is 18.3 Å². The lowest BCUT2D eigenvalue weighted by atomic mass is 9.98. The number of thiophene rings is 1. The van der Waals surface area contributed by atoms with Gasteiger partial charge in [0.25, 0.3) is 0 Å². The monoisotopic (exact) mass is 360 g/mol. The summed E-state index contributed by atoms with van der Waals surface area (Å²) in [4.78, 5) is 29.5. The molecule has 0 unspecified atom stereocenters. The average Bonchev–Trinajstić information content (AvgIpc) is 3.06. The third kappa shape index (κ3) is 4.44. The fourth-order valence-corrected chi connectivity index (χ4v) is 4.22. The number of fused-ring (bicyclic) bond motifs is 1. The number of nitrogens with two attached hydrogens (primary N) is 1. The number of Topliss-reactive ketones (excluding diaryl/α,β-unsaturated/α-hetero) is 1. The van der Waals surface area contributed by atoms with Crippen molar-refractivity contribution in [2.24, 2.45) is 5.73 Å². The van der Waals surface area contributed by atoms with E-state index < -0.39 is 6.04 Å². The van der Waals surface area contributed by atoms with Gasteiger partial charge in [0.1, 0.15) is 12.1 Å². The van der Waals surface area contributed by atoms with Crippen molar-refractivity contribution >= 4 is 33.3 Å². The first-order valence-corrected chi connectivity index (χ1v) is 9.70. The lowest BCUT2D eigenvalue weighted by Crippen LogP contribution is -2.36. The van der Waals surface area contributed by atoms with Gasteiger partial charge in [-0.25, -0.2) is 0 Å². The zero-order valence-corrected chi connectivity index (χ0v) is 15.3. The van der Waals surface area contributed by atoms with E-state index in [1.165, 1.54) is 17.8 Å². The molecule has 0 amide bonds. The molecule has 2 heterocycles. The minimum atomic E-state index is -0.736. The summed E-state index contributed by atoms with van der Waals surface area (Å²) in [6.07, 6.45) is 7.55. The number of ketones is 1. The Balaban J connectivity index is 1.53. The third-order valence-corrected chi connectivity index (χ3v) is 6.00. The summed E-state index contributed by atoms with van der Waals surface area (Å²) >= 11 is 1.45. The van der Waals surface area contributed by atoms with E-state index in [2.05, 4.69) is 4.98 Å². The lowest BCUT2D eigenvalue weighted by molar-refractivity contribution is -0.152. The molecule has 5 nitrogen and oxygen atoms in total. The Morgan fingerprint density at radius 2 is 2.12 bits per heavy atom.